The van der Waals surface area contributed by atoms with E-state index in [-0.39, 0.29) is 41.8 Å². The number of aliphatic carboxylic acids is 1. The van der Waals surface area contributed by atoms with E-state index >= 15 is 0 Å². The van der Waals surface area contributed by atoms with Gasteiger partial charge in [0.15, 0.2) is 0 Å². The number of hydrogen-bond donors (Lipinski definition) is 2. The van der Waals surface area contributed by atoms with Gasteiger partial charge in [-0.05, 0) is 30.2 Å². The molecule has 3 aliphatic rings. The molecule has 39 heavy (non-hydrogen) atoms. The van der Waals surface area contributed by atoms with Crippen LogP contribution in [-0.2, 0) is 14.4 Å². The molecule has 0 aromatic heterocycles. The number of β-lactam (4-membered cyclic amide) rings is 1. The summed E-state index contributed by atoms with van der Waals surface area (Å²) in [5.41, 5.74) is 1.45. The molecule has 5 rings (SSSR count). The molecule has 0 spiro atoms. The van der Waals surface area contributed by atoms with Crippen molar-refractivity contribution in [3.05, 3.63) is 77.5 Å². The predicted molar refractivity (Wildman–Crippen MR) is 136 cm³/mol. The number of carboxylic acid groups (broad SMARTS) is 1. The van der Waals surface area contributed by atoms with Crippen molar-refractivity contribution in [2.24, 2.45) is 0 Å². The fourth-order valence-corrected chi connectivity index (χ4v) is 6.01. The number of para-hydroxylation sites is 1. The van der Waals surface area contributed by atoms with Gasteiger partial charge in [-0.3, -0.25) is 19.4 Å². The van der Waals surface area contributed by atoms with Crippen LogP contribution in [0.5, 0.6) is 0 Å². The summed E-state index contributed by atoms with van der Waals surface area (Å²) in [4.78, 5) is 67.6. The van der Waals surface area contributed by atoms with Crippen LogP contribution < -0.4 is 50.2 Å². The Balaban J connectivity index is 0.00000353. The monoisotopic (exact) mass is 557 g/mol. The largest absolute Gasteiger partial charge is 1.00 e. The molecular weight excluding hydrogens is 533 g/mol. The normalized spacial score (nSPS) is 21.0. The Bertz CT molecular complexity index is 1340. The maximum Gasteiger partial charge on any atom is 1.00 e. The molecule has 2 saturated heterocycles. The standard InChI is InChI=1S/C26H25N5O6S.Na/c1-15-14-38-23-19(22(33)31(23)20(15)24(34)35)27-21(32)18(16-8-4-2-5-9-16)28-25(36)30-13-12-29(26(30)37)17-10-6-3-7-11-17;/h2-11,18-19,23H,12-14H2,1H3,(H,27,32)(H,28,36)(H,34,35);/q;+1/p-1/t18-,19?,23-;/m1./s1. The third kappa shape index (κ3) is 5.42. The van der Waals surface area contributed by atoms with Crippen LogP contribution in [0.3, 0.4) is 0 Å². The molecule has 2 aromatic carbocycles. The van der Waals surface area contributed by atoms with Crippen LogP contribution in [-0.4, -0.2) is 69.9 Å². The third-order valence-corrected chi connectivity index (χ3v) is 8.06. The number of fused-ring (bicyclic) bond motifs is 1. The number of carboxylic acids is 1. The van der Waals surface area contributed by atoms with E-state index in [1.165, 1.54) is 16.7 Å². The van der Waals surface area contributed by atoms with Crippen molar-refractivity contribution in [2.45, 2.75) is 24.4 Å². The third-order valence-electron chi connectivity index (χ3n) is 6.63. The van der Waals surface area contributed by atoms with Crippen molar-refractivity contribution in [1.29, 1.82) is 0 Å². The number of rotatable bonds is 6. The predicted octanol–water partition coefficient (Wildman–Crippen LogP) is -2.19. The van der Waals surface area contributed by atoms with Crippen LogP contribution >= 0.6 is 11.8 Å². The minimum atomic E-state index is -1.44. The summed E-state index contributed by atoms with van der Waals surface area (Å²) < 4.78 is 0. The Morgan fingerprint density at radius 1 is 1.00 bits per heavy atom. The Morgan fingerprint density at radius 3 is 2.28 bits per heavy atom. The van der Waals surface area contributed by atoms with Crippen LogP contribution in [0.4, 0.5) is 15.3 Å². The number of urea groups is 2. The first kappa shape index (κ1) is 28.7. The van der Waals surface area contributed by atoms with Crippen molar-refractivity contribution in [1.82, 2.24) is 20.4 Å². The molecule has 0 aliphatic carbocycles. The molecule has 2 aromatic rings. The molecule has 2 N–H and O–H groups in total. The van der Waals surface area contributed by atoms with E-state index in [9.17, 15) is 29.1 Å². The van der Waals surface area contributed by atoms with E-state index in [2.05, 4.69) is 10.6 Å². The quantitative estimate of drug-likeness (QED) is 0.304. The smallest absolute Gasteiger partial charge is 0.543 e. The van der Waals surface area contributed by atoms with Gasteiger partial charge in [0.25, 0.3) is 5.91 Å². The van der Waals surface area contributed by atoms with Crippen LogP contribution in [0.1, 0.15) is 18.5 Å². The topological polar surface area (TPSA) is 142 Å². The molecule has 1 unspecified atom stereocenters. The van der Waals surface area contributed by atoms with Crippen molar-refractivity contribution in [3.63, 3.8) is 0 Å². The zero-order valence-electron chi connectivity index (χ0n) is 21.3. The molecule has 196 valence electrons. The maximum absolute atomic E-state index is 13.4. The number of thioether (sulfide) groups is 1. The van der Waals surface area contributed by atoms with Gasteiger partial charge in [-0.1, -0.05) is 48.5 Å². The number of benzene rings is 2. The van der Waals surface area contributed by atoms with Crippen molar-refractivity contribution < 1.29 is 58.6 Å². The van der Waals surface area contributed by atoms with Gasteiger partial charge in [0.1, 0.15) is 17.5 Å². The Kier molecular flexibility index (Phi) is 8.70. The van der Waals surface area contributed by atoms with Gasteiger partial charge in [-0.2, -0.15) is 0 Å². The summed E-state index contributed by atoms with van der Waals surface area (Å²) in [5, 5.41) is 16.3. The van der Waals surface area contributed by atoms with E-state index in [0.717, 1.165) is 9.80 Å². The van der Waals surface area contributed by atoms with Crippen LogP contribution in [0.15, 0.2) is 71.9 Å². The van der Waals surface area contributed by atoms with Crippen molar-refractivity contribution in [2.75, 3.05) is 23.7 Å². The van der Waals surface area contributed by atoms with E-state index in [1.54, 1.807) is 61.5 Å². The minimum Gasteiger partial charge on any atom is -0.543 e. The van der Waals surface area contributed by atoms with Gasteiger partial charge in [-0.25, -0.2) is 14.5 Å². The van der Waals surface area contributed by atoms with Crippen molar-refractivity contribution in [3.8, 4) is 0 Å². The summed E-state index contributed by atoms with van der Waals surface area (Å²) in [6, 6.07) is 14.0. The molecule has 13 heteroatoms. The van der Waals surface area contributed by atoms with Crippen LogP contribution in [0.2, 0.25) is 0 Å². The van der Waals surface area contributed by atoms with E-state index < -0.39 is 47.3 Å². The Labute approximate surface area is 250 Å². The number of anilines is 1. The number of nitrogens with zero attached hydrogens (tertiary/aromatic N) is 3. The average Bonchev–Trinajstić information content (AvgIpc) is 3.32. The number of imide groups is 1. The molecule has 0 radical (unpaired) electrons. The Morgan fingerprint density at radius 2 is 1.64 bits per heavy atom. The van der Waals surface area contributed by atoms with Gasteiger partial charge < -0.3 is 20.5 Å². The van der Waals surface area contributed by atoms with Crippen LogP contribution in [0, 0.1) is 0 Å². The summed E-state index contributed by atoms with van der Waals surface area (Å²) in [7, 11) is 0. The maximum atomic E-state index is 13.4. The molecule has 6 amide bonds. The molecule has 3 heterocycles. The molecule has 3 aliphatic heterocycles. The van der Waals surface area contributed by atoms with Gasteiger partial charge in [0.2, 0.25) is 5.91 Å². The summed E-state index contributed by atoms with van der Waals surface area (Å²) in [5.74, 6) is -2.30. The zero-order valence-corrected chi connectivity index (χ0v) is 24.1. The SMILES string of the molecule is CC1=C(C(=O)[O-])N2C(=O)C(NC(=O)[C@H](NC(=O)N3CCN(c4ccccc4)C3=O)c3ccccc3)[C@H]2SC1.[Na+]. The molecule has 2 fully saturated rings. The second kappa shape index (κ2) is 11.8. The van der Waals surface area contributed by atoms with Gasteiger partial charge in [-0.15, -0.1) is 11.8 Å². The summed E-state index contributed by atoms with van der Waals surface area (Å²) in [6.07, 6.45) is 0. The van der Waals surface area contributed by atoms with E-state index in [4.69, 9.17) is 0 Å². The summed E-state index contributed by atoms with van der Waals surface area (Å²) in [6.45, 7) is 2.06. The van der Waals surface area contributed by atoms with Crippen LogP contribution in [0.25, 0.3) is 0 Å². The number of amides is 6. The minimum absolute atomic E-state index is 0. The first-order valence-electron chi connectivity index (χ1n) is 11.9. The first-order chi connectivity index (χ1) is 18.3. The second-order valence-corrected chi connectivity index (χ2v) is 10.1. The van der Waals surface area contributed by atoms with Gasteiger partial charge in [0.05, 0.1) is 18.2 Å². The molecular formula is C26H24N5NaO6S. The first-order valence-corrected chi connectivity index (χ1v) is 13.0. The number of hydrogen-bond acceptors (Lipinski definition) is 7. The molecule has 0 saturated carbocycles. The molecule has 11 nitrogen and oxygen atoms in total. The second-order valence-electron chi connectivity index (χ2n) is 9.03. The fraction of sp³-hybridized carbons (Fsp3) is 0.269. The van der Waals surface area contributed by atoms with E-state index in [1.807, 2.05) is 6.07 Å². The number of carbonyl (C=O) groups is 5. The van der Waals surface area contributed by atoms with E-state index in [0.29, 0.717) is 29.1 Å². The number of carbonyl (C=O) groups excluding carboxylic acids is 5. The molecule has 0 bridgehead atoms. The molecule has 3 atom stereocenters. The van der Waals surface area contributed by atoms with Gasteiger partial charge >= 0.3 is 41.6 Å². The summed E-state index contributed by atoms with van der Waals surface area (Å²) >= 11 is 1.33. The van der Waals surface area contributed by atoms with Gasteiger partial charge in [0, 0.05) is 18.0 Å². The average molecular weight is 558 g/mol. The number of nitrogens with one attached hydrogen (secondary N) is 2. The fourth-order valence-electron chi connectivity index (χ4n) is 4.72. The zero-order chi connectivity index (χ0) is 27.0. The Hall–Kier alpha value is -3.32. The van der Waals surface area contributed by atoms with Crippen molar-refractivity contribution >= 4 is 47.3 Å².